The Morgan fingerprint density at radius 2 is 2.04 bits per heavy atom. The number of furan rings is 1. The number of nitrogens with zero attached hydrogens (tertiary/aromatic N) is 1. The van der Waals surface area contributed by atoms with Crippen LogP contribution in [0.25, 0.3) is 11.0 Å². The van der Waals surface area contributed by atoms with Crippen molar-refractivity contribution < 1.29 is 19.2 Å². The lowest BCUT2D eigenvalue weighted by atomic mass is 9.96. The monoisotopic (exact) mass is 313 g/mol. The number of nitro groups is 1. The molecule has 1 aromatic heterocycles. The smallest absolute Gasteiger partial charge is 0.217 e. The van der Waals surface area contributed by atoms with Crippen LogP contribution in [0.3, 0.4) is 0 Å². The van der Waals surface area contributed by atoms with Crippen molar-refractivity contribution in [1.29, 1.82) is 0 Å². The molecule has 0 spiro atoms. The van der Waals surface area contributed by atoms with E-state index in [0.29, 0.717) is 16.9 Å². The number of aromatic hydroxyl groups is 1. The summed E-state index contributed by atoms with van der Waals surface area (Å²) >= 11 is 0. The Kier molecular flexibility index (Phi) is 3.89. The van der Waals surface area contributed by atoms with Crippen molar-refractivity contribution in [2.45, 2.75) is 5.92 Å². The topological polar surface area (TPSA) is 85.7 Å². The van der Waals surface area contributed by atoms with Gasteiger partial charge in [0, 0.05) is 10.3 Å². The molecule has 1 atom stereocenters. The highest BCUT2D eigenvalue weighted by atomic mass is 16.6. The van der Waals surface area contributed by atoms with Gasteiger partial charge < -0.3 is 14.3 Å². The Morgan fingerprint density at radius 1 is 1.26 bits per heavy atom. The first-order chi connectivity index (χ1) is 11.1. The average Bonchev–Trinajstić information content (AvgIpc) is 2.97. The first-order valence-electron chi connectivity index (χ1n) is 7.05. The fourth-order valence-corrected chi connectivity index (χ4v) is 2.59. The number of benzene rings is 2. The highest BCUT2D eigenvalue weighted by molar-refractivity contribution is 5.78. The Bertz CT molecular complexity index is 822. The maximum atomic E-state index is 11.1. The number of rotatable bonds is 5. The molecule has 0 amide bonds. The number of para-hydroxylation sites is 1. The molecule has 3 rings (SSSR count). The number of ether oxygens (including phenoxy) is 1. The highest BCUT2D eigenvalue weighted by Gasteiger charge is 2.25. The predicted octanol–water partition coefficient (Wildman–Crippen LogP) is 3.56. The summed E-state index contributed by atoms with van der Waals surface area (Å²) in [5.41, 5.74) is 1.33. The molecule has 23 heavy (non-hydrogen) atoms. The van der Waals surface area contributed by atoms with E-state index in [0.717, 1.165) is 5.39 Å². The first-order valence-corrected chi connectivity index (χ1v) is 7.05. The van der Waals surface area contributed by atoms with Crippen LogP contribution in [0.15, 0.2) is 52.9 Å². The normalized spacial score (nSPS) is 12.2. The number of fused-ring (bicyclic) bond motifs is 1. The van der Waals surface area contributed by atoms with Gasteiger partial charge in [-0.25, -0.2) is 0 Å². The minimum Gasteiger partial charge on any atom is -0.504 e. The van der Waals surface area contributed by atoms with E-state index >= 15 is 0 Å². The Hall–Kier alpha value is -3.02. The molecule has 118 valence electrons. The second kappa shape index (κ2) is 6.00. The maximum absolute atomic E-state index is 11.1. The highest BCUT2D eigenvalue weighted by Crippen LogP contribution is 2.34. The zero-order chi connectivity index (χ0) is 16.4. The van der Waals surface area contributed by atoms with Crippen LogP contribution in [0.4, 0.5) is 0 Å². The van der Waals surface area contributed by atoms with Gasteiger partial charge in [0.15, 0.2) is 11.5 Å². The fraction of sp³-hybridized carbons (Fsp3) is 0.176. The Morgan fingerprint density at radius 3 is 2.74 bits per heavy atom. The van der Waals surface area contributed by atoms with Crippen LogP contribution in [-0.2, 0) is 0 Å². The molecule has 6 nitrogen and oxygen atoms in total. The molecule has 2 aromatic carbocycles. The molecule has 0 aliphatic rings. The summed E-state index contributed by atoms with van der Waals surface area (Å²) in [6, 6.07) is 13.9. The molecule has 1 heterocycles. The van der Waals surface area contributed by atoms with Crippen molar-refractivity contribution in [2.24, 2.45) is 0 Å². The Balaban J connectivity index is 2.08. The van der Waals surface area contributed by atoms with E-state index in [-0.39, 0.29) is 23.0 Å². The van der Waals surface area contributed by atoms with E-state index in [4.69, 9.17) is 9.15 Å². The van der Waals surface area contributed by atoms with Gasteiger partial charge in [-0.1, -0.05) is 24.3 Å². The Labute approximate surface area is 132 Å². The van der Waals surface area contributed by atoms with Crippen molar-refractivity contribution in [3.05, 3.63) is 70.0 Å². The molecule has 0 fully saturated rings. The van der Waals surface area contributed by atoms with Crippen molar-refractivity contribution in [1.82, 2.24) is 0 Å². The second-order valence-electron chi connectivity index (χ2n) is 5.19. The fourth-order valence-electron chi connectivity index (χ4n) is 2.59. The second-order valence-corrected chi connectivity index (χ2v) is 5.19. The summed E-state index contributed by atoms with van der Waals surface area (Å²) in [7, 11) is 1.43. The SMILES string of the molecule is COc1cc(C(C[N+](=O)[O-])c2cc3ccccc3o2)ccc1O. The van der Waals surface area contributed by atoms with Crippen LogP contribution < -0.4 is 4.74 Å². The van der Waals surface area contributed by atoms with Crippen LogP contribution in [-0.4, -0.2) is 23.7 Å². The summed E-state index contributed by atoms with van der Waals surface area (Å²) in [5.74, 6) is 0.204. The first kappa shape index (κ1) is 14.9. The summed E-state index contributed by atoms with van der Waals surface area (Å²) in [6.07, 6.45) is 0. The molecular weight excluding hydrogens is 298 g/mol. The third-order valence-electron chi connectivity index (χ3n) is 3.73. The molecule has 0 saturated heterocycles. The van der Waals surface area contributed by atoms with Gasteiger partial charge >= 0.3 is 0 Å². The van der Waals surface area contributed by atoms with Gasteiger partial charge in [-0.2, -0.15) is 0 Å². The average molecular weight is 313 g/mol. The van der Waals surface area contributed by atoms with E-state index in [9.17, 15) is 15.2 Å². The molecule has 0 radical (unpaired) electrons. The molecule has 0 bridgehead atoms. The maximum Gasteiger partial charge on any atom is 0.217 e. The molecule has 6 heteroatoms. The third kappa shape index (κ3) is 2.96. The number of hydrogen-bond acceptors (Lipinski definition) is 5. The van der Waals surface area contributed by atoms with Crippen LogP contribution in [0.2, 0.25) is 0 Å². The standard InChI is InChI=1S/C17H15NO5/c1-22-17-8-11(6-7-14(17)19)13(10-18(20)21)16-9-12-4-2-3-5-15(12)23-16/h2-9,13,19H,10H2,1H3. The van der Waals surface area contributed by atoms with E-state index in [1.807, 2.05) is 30.3 Å². The number of phenolic OH excluding ortho intramolecular Hbond substituents is 1. The summed E-state index contributed by atoms with van der Waals surface area (Å²) in [5, 5.41) is 21.7. The lowest BCUT2D eigenvalue weighted by molar-refractivity contribution is -0.482. The van der Waals surface area contributed by atoms with Gasteiger partial charge in [-0.3, -0.25) is 10.1 Å². The molecule has 0 aliphatic heterocycles. The largest absolute Gasteiger partial charge is 0.504 e. The van der Waals surface area contributed by atoms with Crippen molar-refractivity contribution in [3.8, 4) is 11.5 Å². The van der Waals surface area contributed by atoms with Crippen LogP contribution in [0.5, 0.6) is 11.5 Å². The van der Waals surface area contributed by atoms with E-state index in [1.54, 1.807) is 12.1 Å². The molecule has 0 aliphatic carbocycles. The summed E-state index contributed by atoms with van der Waals surface area (Å²) < 4.78 is 10.9. The molecular formula is C17H15NO5. The van der Waals surface area contributed by atoms with Crippen molar-refractivity contribution >= 4 is 11.0 Å². The van der Waals surface area contributed by atoms with E-state index in [1.165, 1.54) is 13.2 Å². The van der Waals surface area contributed by atoms with Gasteiger partial charge in [-0.15, -0.1) is 0 Å². The van der Waals surface area contributed by atoms with Gasteiger partial charge in [0.1, 0.15) is 17.3 Å². The van der Waals surface area contributed by atoms with E-state index in [2.05, 4.69) is 0 Å². The van der Waals surface area contributed by atoms with Gasteiger partial charge in [0.2, 0.25) is 6.54 Å². The van der Waals surface area contributed by atoms with Crippen LogP contribution >= 0.6 is 0 Å². The zero-order valence-electron chi connectivity index (χ0n) is 12.4. The lowest BCUT2D eigenvalue weighted by Gasteiger charge is -2.12. The van der Waals surface area contributed by atoms with Gasteiger partial charge in [0.25, 0.3) is 0 Å². The number of methoxy groups -OCH3 is 1. The third-order valence-corrected chi connectivity index (χ3v) is 3.73. The zero-order valence-corrected chi connectivity index (χ0v) is 12.4. The number of phenols is 1. The lowest BCUT2D eigenvalue weighted by Crippen LogP contribution is -2.13. The minimum atomic E-state index is -0.563. The van der Waals surface area contributed by atoms with Gasteiger partial charge in [0.05, 0.1) is 7.11 Å². The minimum absolute atomic E-state index is 0.0132. The van der Waals surface area contributed by atoms with Crippen molar-refractivity contribution in [2.75, 3.05) is 13.7 Å². The summed E-state index contributed by atoms with van der Waals surface area (Å²) in [6.45, 7) is -0.312. The predicted molar refractivity (Wildman–Crippen MR) is 84.6 cm³/mol. The van der Waals surface area contributed by atoms with E-state index < -0.39 is 5.92 Å². The molecule has 3 aromatic rings. The quantitative estimate of drug-likeness (QED) is 0.575. The van der Waals surface area contributed by atoms with Crippen LogP contribution in [0, 0.1) is 10.1 Å². The van der Waals surface area contributed by atoms with Gasteiger partial charge in [-0.05, 0) is 29.8 Å². The summed E-state index contributed by atoms with van der Waals surface area (Å²) in [4.78, 5) is 10.7. The van der Waals surface area contributed by atoms with Crippen LogP contribution in [0.1, 0.15) is 17.2 Å². The van der Waals surface area contributed by atoms with Crippen molar-refractivity contribution in [3.63, 3.8) is 0 Å². The molecule has 0 saturated carbocycles. The molecule has 1 N–H and O–H groups in total. The number of hydrogen-bond donors (Lipinski definition) is 1. The molecule has 1 unspecified atom stereocenters.